The Morgan fingerprint density at radius 3 is 2.59 bits per heavy atom. The predicted molar refractivity (Wildman–Crippen MR) is 145 cm³/mol. The minimum atomic E-state index is -0.631. The zero-order valence-electron chi connectivity index (χ0n) is 21.6. The zero-order chi connectivity index (χ0) is 25.8. The first-order valence-electron chi connectivity index (χ1n) is 12.8. The molecule has 3 aliphatic rings. The number of nitrogens with zero attached hydrogens (tertiary/aromatic N) is 1. The van der Waals surface area contributed by atoms with E-state index in [4.69, 9.17) is 28.7 Å². The summed E-state index contributed by atoms with van der Waals surface area (Å²) < 4.78 is 30.9. The number of benzene rings is 2. The molecule has 7 nitrogen and oxygen atoms in total. The first-order chi connectivity index (χ1) is 17.8. The first kappa shape index (κ1) is 25.1. The van der Waals surface area contributed by atoms with Gasteiger partial charge in [0, 0.05) is 19.0 Å². The lowest BCUT2D eigenvalue weighted by Gasteiger charge is -2.29. The molecule has 0 radical (unpaired) electrons. The molecule has 1 saturated carbocycles. The van der Waals surface area contributed by atoms with Crippen molar-refractivity contribution in [1.29, 1.82) is 0 Å². The average molecular weight is 569 g/mol. The van der Waals surface area contributed by atoms with Crippen LogP contribution in [0.4, 0.5) is 5.82 Å². The highest BCUT2D eigenvalue weighted by Gasteiger charge is 2.69. The van der Waals surface area contributed by atoms with Gasteiger partial charge in [-0.2, -0.15) is 0 Å². The fourth-order valence-electron chi connectivity index (χ4n) is 6.25. The van der Waals surface area contributed by atoms with E-state index in [2.05, 4.69) is 57.6 Å². The van der Waals surface area contributed by atoms with E-state index in [1.54, 1.807) is 14.2 Å². The second-order valence-corrected chi connectivity index (χ2v) is 11.6. The van der Waals surface area contributed by atoms with Crippen LogP contribution in [0.3, 0.4) is 0 Å². The van der Waals surface area contributed by atoms with Gasteiger partial charge in [-0.15, -0.1) is 0 Å². The molecule has 1 N–H and O–H groups in total. The van der Waals surface area contributed by atoms with Crippen LogP contribution in [-0.4, -0.2) is 49.1 Å². The van der Waals surface area contributed by atoms with Gasteiger partial charge in [-0.3, -0.25) is 0 Å². The van der Waals surface area contributed by atoms with Crippen LogP contribution in [0.25, 0.3) is 10.9 Å². The van der Waals surface area contributed by atoms with Gasteiger partial charge in [0.15, 0.2) is 12.1 Å². The van der Waals surface area contributed by atoms with Crippen LogP contribution < -0.4 is 10.1 Å². The normalized spacial score (nSPS) is 29.9. The number of halogens is 1. The molecule has 2 unspecified atom stereocenters. The maximum atomic E-state index is 6.50. The van der Waals surface area contributed by atoms with Crippen molar-refractivity contribution in [2.45, 2.75) is 69.5 Å². The Morgan fingerprint density at radius 2 is 1.84 bits per heavy atom. The van der Waals surface area contributed by atoms with Crippen molar-refractivity contribution in [2.75, 3.05) is 19.5 Å². The van der Waals surface area contributed by atoms with Crippen molar-refractivity contribution in [1.82, 2.24) is 4.98 Å². The van der Waals surface area contributed by atoms with Gasteiger partial charge in [0.2, 0.25) is 0 Å². The molecule has 0 amide bonds. The fraction of sp³-hybridized carbons (Fsp3) is 0.483. The second kappa shape index (κ2) is 9.50. The third kappa shape index (κ3) is 4.53. The Bertz CT molecular complexity index is 1300. The van der Waals surface area contributed by atoms with Crippen LogP contribution in [0.15, 0.2) is 53.0 Å². The van der Waals surface area contributed by atoms with Gasteiger partial charge in [0.1, 0.15) is 23.3 Å². The third-order valence-corrected chi connectivity index (χ3v) is 8.46. The summed E-state index contributed by atoms with van der Waals surface area (Å²) in [6.45, 7) is 4.62. The van der Waals surface area contributed by atoms with Gasteiger partial charge >= 0.3 is 0 Å². The van der Waals surface area contributed by atoms with Crippen molar-refractivity contribution in [3.8, 4) is 5.75 Å². The number of hydrogen-bond acceptors (Lipinski definition) is 7. The Balaban J connectivity index is 1.20. The summed E-state index contributed by atoms with van der Waals surface area (Å²) in [5, 5.41) is 4.56. The molecule has 1 spiro atoms. The van der Waals surface area contributed by atoms with Crippen molar-refractivity contribution in [3.05, 3.63) is 64.1 Å². The topological polar surface area (TPSA) is 71.1 Å². The third-order valence-electron chi connectivity index (χ3n) is 7.86. The summed E-state index contributed by atoms with van der Waals surface area (Å²) in [5.74, 6) is 1.36. The van der Waals surface area contributed by atoms with Crippen molar-refractivity contribution < 1.29 is 23.7 Å². The molecular formula is C29H33BrN2O5. The van der Waals surface area contributed by atoms with Crippen LogP contribution in [0.5, 0.6) is 5.75 Å². The Kier molecular flexibility index (Phi) is 6.44. The molecule has 1 aliphatic carbocycles. The van der Waals surface area contributed by atoms with E-state index in [1.165, 1.54) is 5.56 Å². The van der Waals surface area contributed by atoms with E-state index in [-0.39, 0.29) is 12.2 Å². The summed E-state index contributed by atoms with van der Waals surface area (Å²) in [6, 6.07) is 16.7. The van der Waals surface area contributed by atoms with Gasteiger partial charge in [-0.1, -0.05) is 24.3 Å². The van der Waals surface area contributed by atoms with Crippen LogP contribution in [-0.2, 0) is 31.9 Å². The number of pyridine rings is 1. The first-order valence-corrected chi connectivity index (χ1v) is 13.6. The molecular weight excluding hydrogens is 536 g/mol. The average Bonchev–Trinajstić information content (AvgIpc) is 3.46. The zero-order valence-corrected chi connectivity index (χ0v) is 23.2. The molecule has 3 fully saturated rings. The molecule has 2 aromatic carbocycles. The predicted octanol–water partition coefficient (Wildman–Crippen LogP) is 5.83. The smallest absolute Gasteiger partial charge is 0.186 e. The summed E-state index contributed by atoms with van der Waals surface area (Å²) >= 11 is 3.68. The molecule has 3 aromatic rings. The SMILES string of the molecule is COc1ccc(CNc2nc3cc(CC4CC[C@]56OC(C)(C)O[C@H]5C(OC)O[C@H]46)ccc3cc2Br)cc1. The Hall–Kier alpha value is -2.23. The van der Waals surface area contributed by atoms with Gasteiger partial charge in [-0.25, -0.2) is 4.98 Å². The standard InChI is InChI=1S/C29H33BrN2O5/c1-28(2)36-25-27(34-4)35-24-20(11-12-29(24,25)37-28)13-18-5-8-19-15-22(30)26(32-23(19)14-18)31-16-17-6-9-21(33-3)10-7-17/h5-10,14-15,20,24-25,27H,11-13,16H2,1-4H3,(H,31,32)/t20?,24-,25+,27?,29-/m1/s1. The van der Waals surface area contributed by atoms with Gasteiger partial charge in [-0.05, 0) is 90.4 Å². The molecule has 8 heteroatoms. The highest BCUT2D eigenvalue weighted by Crippen LogP contribution is 2.56. The fourth-order valence-corrected chi connectivity index (χ4v) is 6.72. The molecule has 5 atom stereocenters. The summed E-state index contributed by atoms with van der Waals surface area (Å²) in [4.78, 5) is 4.94. The molecule has 3 heterocycles. The molecule has 37 heavy (non-hydrogen) atoms. The summed E-state index contributed by atoms with van der Waals surface area (Å²) in [7, 11) is 3.35. The van der Waals surface area contributed by atoms with Gasteiger partial charge in [0.25, 0.3) is 0 Å². The lowest BCUT2D eigenvalue weighted by atomic mass is 9.90. The van der Waals surface area contributed by atoms with Crippen LogP contribution in [0, 0.1) is 5.92 Å². The van der Waals surface area contributed by atoms with Crippen LogP contribution in [0.2, 0.25) is 0 Å². The Morgan fingerprint density at radius 1 is 1.05 bits per heavy atom. The quantitative estimate of drug-likeness (QED) is 0.384. The number of rotatable bonds is 7. The molecule has 2 saturated heterocycles. The van der Waals surface area contributed by atoms with Crippen LogP contribution in [0.1, 0.15) is 37.8 Å². The number of nitrogens with one attached hydrogen (secondary N) is 1. The number of anilines is 1. The van der Waals surface area contributed by atoms with Crippen molar-refractivity contribution >= 4 is 32.7 Å². The van der Waals surface area contributed by atoms with E-state index in [1.807, 2.05) is 26.0 Å². The number of fused-ring (bicyclic) bond motifs is 1. The number of aromatic nitrogens is 1. The van der Waals surface area contributed by atoms with Crippen molar-refractivity contribution in [3.63, 3.8) is 0 Å². The monoisotopic (exact) mass is 568 g/mol. The van der Waals surface area contributed by atoms with Gasteiger partial charge in [0.05, 0.1) is 23.2 Å². The number of ether oxygens (including phenoxy) is 5. The van der Waals surface area contributed by atoms with E-state index in [9.17, 15) is 0 Å². The summed E-state index contributed by atoms with van der Waals surface area (Å²) in [5.41, 5.74) is 2.92. The molecule has 0 bridgehead atoms. The molecule has 2 aliphatic heterocycles. The maximum Gasteiger partial charge on any atom is 0.186 e. The van der Waals surface area contributed by atoms with E-state index in [0.717, 1.165) is 51.8 Å². The van der Waals surface area contributed by atoms with E-state index >= 15 is 0 Å². The van der Waals surface area contributed by atoms with E-state index in [0.29, 0.717) is 12.5 Å². The van der Waals surface area contributed by atoms with Crippen molar-refractivity contribution in [2.24, 2.45) is 5.92 Å². The Labute approximate surface area is 225 Å². The second-order valence-electron chi connectivity index (χ2n) is 10.7. The van der Waals surface area contributed by atoms with E-state index < -0.39 is 17.7 Å². The van der Waals surface area contributed by atoms with Gasteiger partial charge < -0.3 is 29.0 Å². The van der Waals surface area contributed by atoms with Crippen LogP contribution >= 0.6 is 15.9 Å². The maximum absolute atomic E-state index is 6.50. The molecule has 196 valence electrons. The summed E-state index contributed by atoms with van der Waals surface area (Å²) in [6.07, 6.45) is 2.18. The number of methoxy groups -OCH3 is 2. The highest BCUT2D eigenvalue weighted by atomic mass is 79.9. The molecule has 1 aromatic heterocycles. The largest absolute Gasteiger partial charge is 0.497 e. The lowest BCUT2D eigenvalue weighted by molar-refractivity contribution is -0.236. The minimum absolute atomic E-state index is 0.0560. The highest BCUT2D eigenvalue weighted by molar-refractivity contribution is 9.10. The number of hydrogen-bond donors (Lipinski definition) is 1. The minimum Gasteiger partial charge on any atom is -0.497 e. The lowest BCUT2D eigenvalue weighted by Crippen LogP contribution is -2.44. The molecule has 6 rings (SSSR count).